The minimum absolute atomic E-state index is 0.0919. The van der Waals surface area contributed by atoms with Gasteiger partial charge in [0.1, 0.15) is 0 Å². The van der Waals surface area contributed by atoms with Gasteiger partial charge in [-0.25, -0.2) is 0 Å². The SMILES string of the molecule is CC(C)(C)C=C=CC(=O)C(C)(C)C. The molecule has 0 N–H and O–H groups in total. The second-order valence-corrected chi connectivity index (χ2v) is 5.44. The minimum Gasteiger partial charge on any atom is -0.294 e. The lowest BCUT2D eigenvalue weighted by molar-refractivity contribution is -0.121. The van der Waals surface area contributed by atoms with Crippen LogP contribution in [-0.2, 0) is 4.79 Å². The fraction of sp³-hybridized carbons (Fsp3) is 0.667. The molecule has 0 radical (unpaired) electrons. The van der Waals surface area contributed by atoms with Gasteiger partial charge in [0.2, 0.25) is 0 Å². The number of carbonyl (C=O) groups excluding carboxylic acids is 1. The van der Waals surface area contributed by atoms with Gasteiger partial charge in [-0.2, -0.15) is 0 Å². The Balaban J connectivity index is 4.47. The molecule has 0 fully saturated rings. The first kappa shape index (κ1) is 12.2. The van der Waals surface area contributed by atoms with Crippen molar-refractivity contribution >= 4 is 5.78 Å². The number of rotatable bonds is 1. The fourth-order valence-corrected chi connectivity index (χ4v) is 0.584. The van der Waals surface area contributed by atoms with Gasteiger partial charge >= 0.3 is 0 Å². The molecule has 0 aromatic rings. The summed E-state index contributed by atoms with van der Waals surface area (Å²) in [4.78, 5) is 11.4. The van der Waals surface area contributed by atoms with Crippen LogP contribution in [0.5, 0.6) is 0 Å². The molecular formula is C12H20O. The van der Waals surface area contributed by atoms with Gasteiger partial charge in [0.05, 0.1) is 0 Å². The molecule has 0 heterocycles. The zero-order chi connectivity index (χ0) is 10.7. The van der Waals surface area contributed by atoms with Crippen molar-refractivity contribution in [1.29, 1.82) is 0 Å². The Morgan fingerprint density at radius 1 is 1.08 bits per heavy atom. The predicted molar refractivity (Wildman–Crippen MR) is 56.6 cm³/mol. The molecule has 13 heavy (non-hydrogen) atoms. The molecule has 0 saturated carbocycles. The lowest BCUT2D eigenvalue weighted by atomic mass is 9.90. The highest BCUT2D eigenvalue weighted by atomic mass is 16.1. The highest BCUT2D eigenvalue weighted by Gasteiger charge is 2.17. The van der Waals surface area contributed by atoms with Crippen LogP contribution in [0.1, 0.15) is 41.5 Å². The van der Waals surface area contributed by atoms with Gasteiger partial charge in [0, 0.05) is 11.5 Å². The highest BCUT2D eigenvalue weighted by molar-refractivity contribution is 5.93. The minimum atomic E-state index is -0.293. The molecule has 1 nitrogen and oxygen atoms in total. The van der Waals surface area contributed by atoms with Gasteiger partial charge in [0.25, 0.3) is 0 Å². The zero-order valence-electron chi connectivity index (χ0n) is 9.56. The van der Waals surface area contributed by atoms with E-state index in [0.29, 0.717) is 0 Å². The largest absolute Gasteiger partial charge is 0.294 e. The van der Waals surface area contributed by atoms with E-state index in [1.165, 1.54) is 6.08 Å². The number of allylic oxidation sites excluding steroid dienone is 1. The van der Waals surface area contributed by atoms with Gasteiger partial charge < -0.3 is 0 Å². The monoisotopic (exact) mass is 180 g/mol. The lowest BCUT2D eigenvalue weighted by Gasteiger charge is -2.12. The fourth-order valence-electron chi connectivity index (χ4n) is 0.584. The molecule has 0 aliphatic heterocycles. The Hall–Kier alpha value is -0.810. The maximum atomic E-state index is 11.4. The Morgan fingerprint density at radius 3 is 1.85 bits per heavy atom. The third kappa shape index (κ3) is 6.36. The van der Waals surface area contributed by atoms with Crippen molar-refractivity contribution in [3.8, 4) is 0 Å². The van der Waals surface area contributed by atoms with E-state index in [1.54, 1.807) is 0 Å². The molecule has 0 amide bonds. The van der Waals surface area contributed by atoms with E-state index in [2.05, 4.69) is 26.5 Å². The molecule has 0 saturated heterocycles. The first-order valence-corrected chi connectivity index (χ1v) is 4.61. The van der Waals surface area contributed by atoms with Crippen molar-refractivity contribution in [1.82, 2.24) is 0 Å². The van der Waals surface area contributed by atoms with Crippen molar-refractivity contribution in [3.63, 3.8) is 0 Å². The number of hydrogen-bond acceptors (Lipinski definition) is 1. The maximum absolute atomic E-state index is 11.4. The predicted octanol–water partition coefficient (Wildman–Crippen LogP) is 3.36. The second-order valence-electron chi connectivity index (χ2n) is 5.44. The average Bonchev–Trinajstić information content (AvgIpc) is 1.82. The number of carbonyl (C=O) groups is 1. The van der Waals surface area contributed by atoms with Crippen LogP contribution in [0.4, 0.5) is 0 Å². The van der Waals surface area contributed by atoms with E-state index in [0.717, 1.165) is 0 Å². The van der Waals surface area contributed by atoms with Crippen molar-refractivity contribution < 1.29 is 4.79 Å². The van der Waals surface area contributed by atoms with Crippen LogP contribution >= 0.6 is 0 Å². The molecule has 0 aromatic carbocycles. The summed E-state index contributed by atoms with van der Waals surface area (Å²) in [5, 5.41) is 0. The average molecular weight is 180 g/mol. The van der Waals surface area contributed by atoms with Crippen LogP contribution in [0, 0.1) is 10.8 Å². The molecule has 0 aromatic heterocycles. The van der Waals surface area contributed by atoms with Crippen LogP contribution in [0.2, 0.25) is 0 Å². The maximum Gasteiger partial charge on any atom is 0.168 e. The summed E-state index contributed by atoms with van der Waals surface area (Å²) in [7, 11) is 0. The summed E-state index contributed by atoms with van der Waals surface area (Å²) in [6.07, 6.45) is 3.45. The van der Waals surface area contributed by atoms with E-state index in [-0.39, 0.29) is 16.6 Å². The highest BCUT2D eigenvalue weighted by Crippen LogP contribution is 2.16. The van der Waals surface area contributed by atoms with E-state index < -0.39 is 0 Å². The number of hydrogen-bond donors (Lipinski definition) is 0. The molecule has 0 bridgehead atoms. The molecule has 0 spiro atoms. The van der Waals surface area contributed by atoms with Gasteiger partial charge in [-0.15, -0.1) is 5.73 Å². The normalized spacial score (nSPS) is 11.8. The summed E-state index contributed by atoms with van der Waals surface area (Å²) in [5.74, 6) is 0.119. The quantitative estimate of drug-likeness (QED) is 0.446. The Bertz CT molecular complexity index is 239. The smallest absolute Gasteiger partial charge is 0.168 e. The van der Waals surface area contributed by atoms with Crippen LogP contribution in [0.25, 0.3) is 0 Å². The number of ketones is 1. The second kappa shape index (κ2) is 3.93. The summed E-state index contributed by atoms with van der Waals surface area (Å²) in [6, 6.07) is 0. The Labute approximate surface area is 81.5 Å². The standard InChI is InChI=1S/C12H20O/c1-11(2,3)9-7-8-10(13)12(4,5)6/h8-9H,1-6H3. The molecule has 0 aliphatic carbocycles. The van der Waals surface area contributed by atoms with Crippen LogP contribution in [-0.4, -0.2) is 5.78 Å². The van der Waals surface area contributed by atoms with Crippen LogP contribution in [0.15, 0.2) is 17.9 Å². The van der Waals surface area contributed by atoms with E-state index >= 15 is 0 Å². The third-order valence-electron chi connectivity index (χ3n) is 1.47. The molecule has 0 rings (SSSR count). The summed E-state index contributed by atoms with van der Waals surface area (Å²) < 4.78 is 0. The summed E-state index contributed by atoms with van der Waals surface area (Å²) >= 11 is 0. The topological polar surface area (TPSA) is 17.1 Å². The van der Waals surface area contributed by atoms with E-state index in [4.69, 9.17) is 0 Å². The molecule has 0 unspecified atom stereocenters. The third-order valence-corrected chi connectivity index (χ3v) is 1.47. The van der Waals surface area contributed by atoms with Gasteiger partial charge in [0.15, 0.2) is 5.78 Å². The van der Waals surface area contributed by atoms with Crippen molar-refractivity contribution in [2.75, 3.05) is 0 Å². The van der Waals surface area contributed by atoms with E-state index in [1.807, 2.05) is 26.8 Å². The Morgan fingerprint density at radius 2 is 1.54 bits per heavy atom. The van der Waals surface area contributed by atoms with Crippen molar-refractivity contribution in [2.45, 2.75) is 41.5 Å². The van der Waals surface area contributed by atoms with Gasteiger partial charge in [-0.3, -0.25) is 4.79 Å². The van der Waals surface area contributed by atoms with Gasteiger partial charge in [-0.1, -0.05) is 41.5 Å². The van der Waals surface area contributed by atoms with Gasteiger partial charge in [-0.05, 0) is 11.5 Å². The molecule has 0 aliphatic rings. The van der Waals surface area contributed by atoms with Crippen molar-refractivity contribution in [2.24, 2.45) is 10.8 Å². The molecule has 74 valence electrons. The van der Waals surface area contributed by atoms with E-state index in [9.17, 15) is 4.79 Å². The lowest BCUT2D eigenvalue weighted by Crippen LogP contribution is -2.16. The zero-order valence-corrected chi connectivity index (χ0v) is 9.56. The first-order valence-electron chi connectivity index (χ1n) is 4.61. The molecular weight excluding hydrogens is 160 g/mol. The van der Waals surface area contributed by atoms with Crippen molar-refractivity contribution in [3.05, 3.63) is 17.9 Å². The molecule has 1 heteroatoms. The summed E-state index contributed by atoms with van der Waals surface area (Å²) in [5.41, 5.74) is 2.73. The van der Waals surface area contributed by atoms with Crippen LogP contribution < -0.4 is 0 Å². The summed E-state index contributed by atoms with van der Waals surface area (Å²) in [6.45, 7) is 12.0. The molecule has 0 atom stereocenters. The van der Waals surface area contributed by atoms with Crippen LogP contribution in [0.3, 0.4) is 0 Å². The Kier molecular flexibility index (Phi) is 3.69. The first-order chi connectivity index (χ1) is 5.63.